The number of amides is 2. The molecule has 2 aromatic carbocycles. The fourth-order valence-corrected chi connectivity index (χ4v) is 2.24. The molecule has 7 heteroatoms. The van der Waals surface area contributed by atoms with Crippen molar-refractivity contribution in [2.45, 2.75) is 6.92 Å². The molecule has 1 aromatic heterocycles. The van der Waals surface area contributed by atoms with Gasteiger partial charge in [0.1, 0.15) is 5.82 Å². The van der Waals surface area contributed by atoms with Gasteiger partial charge in [-0.3, -0.25) is 14.7 Å². The zero-order valence-corrected chi connectivity index (χ0v) is 12.2. The standard InChI is InChI=1S/C16H13FN4O2/c1-9(22)19-11-5-6-13(17)12(7-11)16(23)20-14-4-2-3-10-8-18-21-15(10)14/h2-8H,1H3,(H,18,21)(H,19,22)(H,20,23). The lowest BCUT2D eigenvalue weighted by atomic mass is 10.1. The number of hydrogen-bond donors (Lipinski definition) is 3. The largest absolute Gasteiger partial charge is 0.326 e. The number of carbonyl (C=O) groups is 2. The second-order valence-corrected chi connectivity index (χ2v) is 4.97. The molecule has 0 fully saturated rings. The van der Waals surface area contributed by atoms with Crippen molar-refractivity contribution in [1.82, 2.24) is 10.2 Å². The number of aromatic amines is 1. The van der Waals surface area contributed by atoms with Crippen molar-refractivity contribution in [3.63, 3.8) is 0 Å². The number of halogens is 1. The summed E-state index contributed by atoms with van der Waals surface area (Å²) in [7, 11) is 0. The molecule has 0 spiro atoms. The van der Waals surface area contributed by atoms with E-state index >= 15 is 0 Å². The van der Waals surface area contributed by atoms with Crippen LogP contribution in [-0.4, -0.2) is 22.0 Å². The van der Waals surface area contributed by atoms with Crippen LogP contribution in [0.3, 0.4) is 0 Å². The predicted octanol–water partition coefficient (Wildman–Crippen LogP) is 2.91. The Hall–Kier alpha value is -3.22. The van der Waals surface area contributed by atoms with Gasteiger partial charge in [0, 0.05) is 18.0 Å². The molecule has 0 radical (unpaired) electrons. The summed E-state index contributed by atoms with van der Waals surface area (Å²) in [6.45, 7) is 1.34. The van der Waals surface area contributed by atoms with E-state index < -0.39 is 11.7 Å². The van der Waals surface area contributed by atoms with Crippen molar-refractivity contribution in [2.24, 2.45) is 0 Å². The van der Waals surface area contributed by atoms with Crippen LogP contribution in [0, 0.1) is 5.82 Å². The van der Waals surface area contributed by atoms with E-state index in [2.05, 4.69) is 20.8 Å². The first-order valence-corrected chi connectivity index (χ1v) is 6.85. The van der Waals surface area contributed by atoms with Crippen LogP contribution < -0.4 is 10.6 Å². The lowest BCUT2D eigenvalue weighted by Crippen LogP contribution is -2.15. The molecule has 3 aromatic rings. The van der Waals surface area contributed by atoms with Crippen LogP contribution in [0.1, 0.15) is 17.3 Å². The number of aromatic nitrogens is 2. The SMILES string of the molecule is CC(=O)Nc1ccc(F)c(C(=O)Nc2cccc3cn[nH]c23)c1. The molecule has 0 atom stereocenters. The molecule has 0 saturated heterocycles. The third kappa shape index (κ3) is 3.03. The highest BCUT2D eigenvalue weighted by Gasteiger charge is 2.15. The fourth-order valence-electron chi connectivity index (χ4n) is 2.24. The molecule has 0 aliphatic heterocycles. The van der Waals surface area contributed by atoms with Gasteiger partial charge in [-0.2, -0.15) is 5.10 Å². The van der Waals surface area contributed by atoms with Gasteiger partial charge in [0.2, 0.25) is 5.91 Å². The quantitative estimate of drug-likeness (QED) is 0.695. The van der Waals surface area contributed by atoms with Gasteiger partial charge in [0.25, 0.3) is 5.91 Å². The number of nitrogens with zero attached hydrogens (tertiary/aromatic N) is 1. The van der Waals surface area contributed by atoms with E-state index in [4.69, 9.17) is 0 Å². The number of rotatable bonds is 3. The second kappa shape index (κ2) is 5.88. The van der Waals surface area contributed by atoms with Gasteiger partial charge in [0.05, 0.1) is 23.0 Å². The highest BCUT2D eigenvalue weighted by Crippen LogP contribution is 2.22. The van der Waals surface area contributed by atoms with Gasteiger partial charge in [-0.25, -0.2) is 4.39 Å². The number of anilines is 2. The Balaban J connectivity index is 1.91. The molecule has 6 nitrogen and oxygen atoms in total. The average molecular weight is 312 g/mol. The number of hydrogen-bond acceptors (Lipinski definition) is 3. The van der Waals surface area contributed by atoms with Gasteiger partial charge in [-0.1, -0.05) is 12.1 Å². The Labute approximate surface area is 130 Å². The third-order valence-electron chi connectivity index (χ3n) is 3.26. The van der Waals surface area contributed by atoms with E-state index in [1.54, 1.807) is 18.3 Å². The maximum Gasteiger partial charge on any atom is 0.258 e. The van der Waals surface area contributed by atoms with E-state index in [1.807, 2.05) is 6.07 Å². The highest BCUT2D eigenvalue weighted by atomic mass is 19.1. The van der Waals surface area contributed by atoms with Crippen LogP contribution in [0.4, 0.5) is 15.8 Å². The van der Waals surface area contributed by atoms with Crippen LogP contribution in [0.2, 0.25) is 0 Å². The zero-order chi connectivity index (χ0) is 16.4. The molecule has 23 heavy (non-hydrogen) atoms. The zero-order valence-electron chi connectivity index (χ0n) is 12.2. The van der Waals surface area contributed by atoms with E-state index in [0.717, 1.165) is 11.5 Å². The lowest BCUT2D eigenvalue weighted by molar-refractivity contribution is -0.114. The minimum Gasteiger partial charge on any atom is -0.326 e. The van der Waals surface area contributed by atoms with Crippen LogP contribution in [0.5, 0.6) is 0 Å². The Morgan fingerprint density at radius 3 is 2.78 bits per heavy atom. The van der Waals surface area contributed by atoms with Crippen molar-refractivity contribution in [1.29, 1.82) is 0 Å². The summed E-state index contributed by atoms with van der Waals surface area (Å²) in [4.78, 5) is 23.4. The Morgan fingerprint density at radius 1 is 1.17 bits per heavy atom. The number of para-hydroxylation sites is 1. The first-order valence-electron chi connectivity index (χ1n) is 6.85. The first-order chi connectivity index (χ1) is 11.0. The number of fused-ring (bicyclic) bond motifs is 1. The number of H-pyrrole nitrogens is 1. The van der Waals surface area contributed by atoms with E-state index in [0.29, 0.717) is 16.9 Å². The van der Waals surface area contributed by atoms with Gasteiger partial charge < -0.3 is 10.6 Å². The molecule has 116 valence electrons. The summed E-state index contributed by atoms with van der Waals surface area (Å²) in [5.74, 6) is -1.59. The Bertz CT molecular complexity index is 904. The molecular weight excluding hydrogens is 299 g/mol. The molecule has 2 amide bonds. The average Bonchev–Trinajstić information content (AvgIpc) is 2.98. The smallest absolute Gasteiger partial charge is 0.258 e. The van der Waals surface area contributed by atoms with E-state index in [9.17, 15) is 14.0 Å². The maximum absolute atomic E-state index is 13.9. The topological polar surface area (TPSA) is 86.9 Å². The van der Waals surface area contributed by atoms with Gasteiger partial charge in [-0.05, 0) is 24.3 Å². The predicted molar refractivity (Wildman–Crippen MR) is 84.8 cm³/mol. The maximum atomic E-state index is 13.9. The van der Waals surface area contributed by atoms with Gasteiger partial charge in [0.15, 0.2) is 0 Å². The second-order valence-electron chi connectivity index (χ2n) is 4.97. The molecule has 3 rings (SSSR count). The molecule has 0 saturated carbocycles. The first kappa shape index (κ1) is 14.7. The highest BCUT2D eigenvalue weighted by molar-refractivity contribution is 6.09. The molecule has 0 bridgehead atoms. The summed E-state index contributed by atoms with van der Waals surface area (Å²) in [5.41, 5.74) is 1.34. The molecule has 0 aliphatic rings. The summed E-state index contributed by atoms with van der Waals surface area (Å²) in [6.07, 6.45) is 1.63. The summed E-state index contributed by atoms with van der Waals surface area (Å²) in [6, 6.07) is 9.11. The van der Waals surface area contributed by atoms with Crippen LogP contribution >= 0.6 is 0 Å². The van der Waals surface area contributed by atoms with Crippen molar-refractivity contribution >= 4 is 34.1 Å². The lowest BCUT2D eigenvalue weighted by Gasteiger charge is -2.09. The Kier molecular flexibility index (Phi) is 3.76. The molecule has 0 aliphatic carbocycles. The van der Waals surface area contributed by atoms with Crippen LogP contribution in [0.15, 0.2) is 42.6 Å². The van der Waals surface area contributed by atoms with E-state index in [1.165, 1.54) is 19.1 Å². The summed E-state index contributed by atoms with van der Waals surface area (Å²) in [5, 5.41) is 12.7. The van der Waals surface area contributed by atoms with Gasteiger partial charge in [-0.15, -0.1) is 0 Å². The minimum atomic E-state index is -0.673. The van der Waals surface area contributed by atoms with Gasteiger partial charge >= 0.3 is 0 Å². The third-order valence-corrected chi connectivity index (χ3v) is 3.26. The molecular formula is C16H13FN4O2. The number of nitrogens with one attached hydrogen (secondary N) is 3. The Morgan fingerprint density at radius 2 is 2.00 bits per heavy atom. The fraction of sp³-hybridized carbons (Fsp3) is 0.0625. The summed E-state index contributed by atoms with van der Waals surface area (Å²) < 4.78 is 13.9. The molecule has 3 N–H and O–H groups in total. The van der Waals surface area contributed by atoms with Crippen molar-refractivity contribution in [2.75, 3.05) is 10.6 Å². The molecule has 1 heterocycles. The number of carbonyl (C=O) groups excluding carboxylic acids is 2. The normalized spacial score (nSPS) is 10.5. The monoisotopic (exact) mass is 312 g/mol. The summed E-state index contributed by atoms with van der Waals surface area (Å²) >= 11 is 0. The minimum absolute atomic E-state index is 0.159. The van der Waals surface area contributed by atoms with Crippen molar-refractivity contribution < 1.29 is 14.0 Å². The van der Waals surface area contributed by atoms with Crippen molar-refractivity contribution in [3.05, 3.63) is 54.0 Å². The van der Waals surface area contributed by atoms with E-state index in [-0.39, 0.29) is 11.5 Å². The number of benzene rings is 2. The van der Waals surface area contributed by atoms with Crippen LogP contribution in [0.25, 0.3) is 10.9 Å². The molecule has 0 unspecified atom stereocenters. The van der Waals surface area contributed by atoms with Crippen molar-refractivity contribution in [3.8, 4) is 0 Å². The van der Waals surface area contributed by atoms with Crippen LogP contribution in [-0.2, 0) is 4.79 Å².